The zero-order valence-electron chi connectivity index (χ0n) is 7.65. The molecule has 1 rings (SSSR count). The molecule has 13 heavy (non-hydrogen) atoms. The molecular formula is C8H14N4O. The quantitative estimate of drug-likeness (QED) is 0.364. The van der Waals surface area contributed by atoms with Gasteiger partial charge in [-0.3, -0.25) is 4.79 Å². The van der Waals surface area contributed by atoms with E-state index in [-0.39, 0.29) is 12.5 Å². The molecule has 0 atom stereocenters. The summed E-state index contributed by atoms with van der Waals surface area (Å²) in [6.45, 7) is 1.61. The minimum atomic E-state index is -0.0419. The Hall–Kier alpha value is -1.22. The molecule has 0 radical (unpaired) electrons. The Bertz CT molecular complexity index is 214. The molecule has 1 amide bonds. The molecule has 0 saturated carbocycles. The van der Waals surface area contributed by atoms with E-state index in [4.69, 9.17) is 5.53 Å². The lowest BCUT2D eigenvalue weighted by Gasteiger charge is -2.18. The van der Waals surface area contributed by atoms with Gasteiger partial charge in [0.25, 0.3) is 0 Å². The van der Waals surface area contributed by atoms with Gasteiger partial charge in [-0.2, -0.15) is 0 Å². The highest BCUT2D eigenvalue weighted by molar-refractivity contribution is 5.78. The zero-order chi connectivity index (χ0) is 9.52. The number of hydrogen-bond acceptors (Lipinski definition) is 2. The normalized spacial score (nSPS) is 17.4. The molecular weight excluding hydrogens is 168 g/mol. The van der Waals surface area contributed by atoms with E-state index in [0.29, 0.717) is 0 Å². The third kappa shape index (κ3) is 3.34. The van der Waals surface area contributed by atoms with Gasteiger partial charge in [0.15, 0.2) is 0 Å². The van der Waals surface area contributed by atoms with E-state index in [0.717, 1.165) is 25.9 Å². The van der Waals surface area contributed by atoms with E-state index in [1.54, 1.807) is 4.90 Å². The smallest absolute Gasteiger partial charge is 0.228 e. The number of nitrogens with zero attached hydrogens (tertiary/aromatic N) is 4. The van der Waals surface area contributed by atoms with Crippen LogP contribution in [0.3, 0.4) is 0 Å². The van der Waals surface area contributed by atoms with E-state index in [1.807, 2.05) is 0 Å². The highest BCUT2D eigenvalue weighted by Crippen LogP contribution is 2.09. The fourth-order valence-electron chi connectivity index (χ4n) is 1.51. The van der Waals surface area contributed by atoms with Crippen LogP contribution in [0.4, 0.5) is 0 Å². The van der Waals surface area contributed by atoms with Gasteiger partial charge in [-0.15, -0.1) is 0 Å². The molecule has 0 aromatic rings. The maximum atomic E-state index is 11.4. The molecule has 1 heterocycles. The third-order valence-electron chi connectivity index (χ3n) is 2.23. The second-order valence-corrected chi connectivity index (χ2v) is 3.18. The molecule has 5 nitrogen and oxygen atoms in total. The summed E-state index contributed by atoms with van der Waals surface area (Å²) in [4.78, 5) is 15.7. The van der Waals surface area contributed by atoms with Crippen LogP contribution < -0.4 is 0 Å². The molecule has 1 aliphatic heterocycles. The van der Waals surface area contributed by atoms with Crippen LogP contribution in [0.1, 0.15) is 25.7 Å². The van der Waals surface area contributed by atoms with Gasteiger partial charge in [-0.25, -0.2) is 0 Å². The Morgan fingerprint density at radius 2 is 1.92 bits per heavy atom. The molecule has 0 unspecified atom stereocenters. The van der Waals surface area contributed by atoms with Crippen LogP contribution in [0.5, 0.6) is 0 Å². The lowest BCUT2D eigenvalue weighted by Crippen LogP contribution is -2.33. The number of rotatable bonds is 2. The van der Waals surface area contributed by atoms with Crippen molar-refractivity contribution in [3.63, 3.8) is 0 Å². The molecule has 0 aromatic carbocycles. The van der Waals surface area contributed by atoms with Crippen LogP contribution in [0.15, 0.2) is 5.11 Å². The summed E-state index contributed by atoms with van der Waals surface area (Å²) in [6, 6.07) is 0. The summed E-state index contributed by atoms with van der Waals surface area (Å²) in [5, 5.41) is 3.27. The van der Waals surface area contributed by atoms with Crippen LogP contribution >= 0.6 is 0 Å². The molecule has 5 heteroatoms. The van der Waals surface area contributed by atoms with Crippen molar-refractivity contribution in [2.75, 3.05) is 19.6 Å². The maximum absolute atomic E-state index is 11.4. The van der Waals surface area contributed by atoms with Gasteiger partial charge < -0.3 is 4.90 Å². The Balaban J connectivity index is 2.39. The minimum Gasteiger partial charge on any atom is -0.343 e. The molecule has 1 fully saturated rings. The predicted molar refractivity (Wildman–Crippen MR) is 49.1 cm³/mol. The number of likely N-dealkylation sites (tertiary alicyclic amines) is 1. The van der Waals surface area contributed by atoms with Crippen molar-refractivity contribution in [1.82, 2.24) is 4.90 Å². The first-order valence-corrected chi connectivity index (χ1v) is 4.63. The van der Waals surface area contributed by atoms with Crippen LogP contribution in [0, 0.1) is 0 Å². The van der Waals surface area contributed by atoms with Crippen molar-refractivity contribution in [2.45, 2.75) is 25.7 Å². The topological polar surface area (TPSA) is 69.1 Å². The first kappa shape index (κ1) is 9.86. The largest absolute Gasteiger partial charge is 0.343 e. The van der Waals surface area contributed by atoms with Crippen molar-refractivity contribution in [2.24, 2.45) is 5.11 Å². The van der Waals surface area contributed by atoms with Crippen molar-refractivity contribution in [1.29, 1.82) is 0 Å². The van der Waals surface area contributed by atoms with Crippen LogP contribution in [-0.2, 0) is 4.79 Å². The molecule has 0 aromatic heterocycles. The van der Waals surface area contributed by atoms with Crippen LogP contribution in [0.2, 0.25) is 0 Å². The van der Waals surface area contributed by atoms with E-state index < -0.39 is 0 Å². The van der Waals surface area contributed by atoms with Crippen molar-refractivity contribution in [3.8, 4) is 0 Å². The molecule has 0 N–H and O–H groups in total. The number of carbonyl (C=O) groups is 1. The van der Waals surface area contributed by atoms with Gasteiger partial charge in [0.05, 0.1) is 0 Å². The molecule has 0 aliphatic carbocycles. The van der Waals surface area contributed by atoms with Gasteiger partial charge >= 0.3 is 0 Å². The fourth-order valence-corrected chi connectivity index (χ4v) is 1.51. The number of amides is 1. The lowest BCUT2D eigenvalue weighted by atomic mass is 10.2. The number of azide groups is 1. The van der Waals surface area contributed by atoms with Gasteiger partial charge in [-0.1, -0.05) is 18.0 Å². The maximum Gasteiger partial charge on any atom is 0.228 e. The van der Waals surface area contributed by atoms with Crippen molar-refractivity contribution in [3.05, 3.63) is 10.4 Å². The minimum absolute atomic E-state index is 0.0312. The van der Waals surface area contributed by atoms with Crippen molar-refractivity contribution >= 4 is 5.91 Å². The van der Waals surface area contributed by atoms with Gasteiger partial charge in [0.1, 0.15) is 6.54 Å². The number of carbonyl (C=O) groups excluding carboxylic acids is 1. The Kier molecular flexibility index (Phi) is 4.12. The summed E-state index contributed by atoms with van der Waals surface area (Å²) in [7, 11) is 0. The standard InChI is InChI=1S/C8H14N4O/c9-11-10-7-8(13)12-5-3-1-2-4-6-12/h1-7H2. The first-order chi connectivity index (χ1) is 6.34. The predicted octanol–water partition coefficient (Wildman–Crippen LogP) is 1.70. The second kappa shape index (κ2) is 5.43. The van der Waals surface area contributed by atoms with E-state index in [2.05, 4.69) is 10.0 Å². The van der Waals surface area contributed by atoms with Crippen LogP contribution in [0.25, 0.3) is 10.4 Å². The summed E-state index contributed by atoms with van der Waals surface area (Å²) in [6.07, 6.45) is 4.54. The van der Waals surface area contributed by atoms with E-state index in [1.165, 1.54) is 12.8 Å². The number of hydrogen-bond donors (Lipinski definition) is 0. The molecule has 72 valence electrons. The molecule has 0 spiro atoms. The Morgan fingerprint density at radius 3 is 2.46 bits per heavy atom. The van der Waals surface area contributed by atoms with Gasteiger partial charge in [0.2, 0.25) is 5.91 Å². The highest BCUT2D eigenvalue weighted by atomic mass is 16.2. The first-order valence-electron chi connectivity index (χ1n) is 4.63. The van der Waals surface area contributed by atoms with E-state index >= 15 is 0 Å². The van der Waals surface area contributed by atoms with Gasteiger partial charge in [0, 0.05) is 18.0 Å². The molecule has 1 saturated heterocycles. The SMILES string of the molecule is [N-]=[N+]=NCC(=O)N1CCCCCC1. The monoisotopic (exact) mass is 182 g/mol. The third-order valence-corrected chi connectivity index (χ3v) is 2.23. The zero-order valence-corrected chi connectivity index (χ0v) is 7.65. The van der Waals surface area contributed by atoms with E-state index in [9.17, 15) is 4.79 Å². The molecule has 1 aliphatic rings. The van der Waals surface area contributed by atoms with Crippen molar-refractivity contribution < 1.29 is 4.79 Å². The summed E-state index contributed by atoms with van der Waals surface area (Å²) in [5.74, 6) is -0.0419. The highest BCUT2D eigenvalue weighted by Gasteiger charge is 2.13. The van der Waals surface area contributed by atoms with Crippen LogP contribution in [-0.4, -0.2) is 30.4 Å². The summed E-state index contributed by atoms with van der Waals surface area (Å²) < 4.78 is 0. The van der Waals surface area contributed by atoms with Gasteiger partial charge in [-0.05, 0) is 18.4 Å². The molecule has 0 bridgehead atoms. The summed E-state index contributed by atoms with van der Waals surface area (Å²) in [5.41, 5.74) is 8.06. The Morgan fingerprint density at radius 1 is 1.31 bits per heavy atom. The average molecular weight is 182 g/mol. The Labute approximate surface area is 77.3 Å². The summed E-state index contributed by atoms with van der Waals surface area (Å²) >= 11 is 0. The lowest BCUT2D eigenvalue weighted by molar-refractivity contribution is -0.129. The second-order valence-electron chi connectivity index (χ2n) is 3.18. The fraction of sp³-hybridized carbons (Fsp3) is 0.875. The average Bonchev–Trinajstić information content (AvgIpc) is 2.42.